The van der Waals surface area contributed by atoms with Crippen LogP contribution in [0.2, 0.25) is 0 Å². The van der Waals surface area contributed by atoms with Crippen molar-refractivity contribution in [2.75, 3.05) is 36.4 Å². The van der Waals surface area contributed by atoms with Crippen LogP contribution in [0.3, 0.4) is 0 Å². The molecule has 0 unspecified atom stereocenters. The number of hydrogen-bond acceptors (Lipinski definition) is 5. The Morgan fingerprint density at radius 2 is 1.83 bits per heavy atom. The maximum atomic E-state index is 12.8. The molecule has 2 heterocycles. The van der Waals surface area contributed by atoms with Gasteiger partial charge in [-0.25, -0.2) is 4.98 Å². The summed E-state index contributed by atoms with van der Waals surface area (Å²) in [6, 6.07) is 10.1. The van der Waals surface area contributed by atoms with Crippen molar-refractivity contribution in [3.8, 4) is 0 Å². The van der Waals surface area contributed by atoms with Gasteiger partial charge < -0.3 is 15.1 Å². The standard InChI is InChI=1S/C22H28BrN5O/c1-16-14-20(26-22(24-16)25-19-8-3-2-4-9-19)27-10-12-28(13-11-27)21(29)17-6-5-7-18(23)15-17/h5-7,14-15,19H,2-4,8-13H2,1H3,(H,24,25,26). The number of hydrogen-bond donors (Lipinski definition) is 1. The van der Waals surface area contributed by atoms with Crippen molar-refractivity contribution in [1.82, 2.24) is 14.9 Å². The minimum Gasteiger partial charge on any atom is -0.353 e. The lowest BCUT2D eigenvalue weighted by molar-refractivity contribution is 0.0746. The van der Waals surface area contributed by atoms with E-state index < -0.39 is 0 Å². The van der Waals surface area contributed by atoms with Crippen LogP contribution < -0.4 is 10.2 Å². The number of aromatic nitrogens is 2. The molecule has 4 rings (SSSR count). The maximum absolute atomic E-state index is 12.8. The molecule has 1 N–H and O–H groups in total. The molecule has 6 nitrogen and oxygen atoms in total. The molecule has 2 fully saturated rings. The van der Waals surface area contributed by atoms with Crippen molar-refractivity contribution in [2.24, 2.45) is 0 Å². The van der Waals surface area contributed by atoms with Gasteiger partial charge in [0, 0.05) is 54.0 Å². The van der Waals surface area contributed by atoms with E-state index in [9.17, 15) is 4.79 Å². The molecule has 7 heteroatoms. The highest BCUT2D eigenvalue weighted by Gasteiger charge is 2.24. The number of piperazine rings is 1. The van der Waals surface area contributed by atoms with Crippen LogP contribution in [0.25, 0.3) is 0 Å². The fourth-order valence-corrected chi connectivity index (χ4v) is 4.55. The number of carbonyl (C=O) groups is 1. The quantitative estimate of drug-likeness (QED) is 0.742. The lowest BCUT2D eigenvalue weighted by atomic mass is 9.96. The van der Waals surface area contributed by atoms with E-state index in [-0.39, 0.29) is 5.91 Å². The van der Waals surface area contributed by atoms with Gasteiger partial charge in [-0.2, -0.15) is 4.98 Å². The van der Waals surface area contributed by atoms with Gasteiger partial charge in [0.05, 0.1) is 0 Å². The third-order valence-electron chi connectivity index (χ3n) is 5.74. The van der Waals surface area contributed by atoms with Crippen LogP contribution >= 0.6 is 15.9 Å². The fourth-order valence-electron chi connectivity index (χ4n) is 4.15. The smallest absolute Gasteiger partial charge is 0.254 e. The average molecular weight is 458 g/mol. The zero-order valence-electron chi connectivity index (χ0n) is 16.9. The summed E-state index contributed by atoms with van der Waals surface area (Å²) in [6.07, 6.45) is 6.29. The van der Waals surface area contributed by atoms with Crippen LogP contribution in [0.1, 0.15) is 48.2 Å². The topological polar surface area (TPSA) is 61.4 Å². The second-order valence-corrected chi connectivity index (χ2v) is 8.88. The van der Waals surface area contributed by atoms with Crippen molar-refractivity contribution >= 4 is 33.6 Å². The Hall–Kier alpha value is -2.15. The van der Waals surface area contributed by atoms with Crippen LogP contribution in [0.4, 0.5) is 11.8 Å². The molecule has 1 aliphatic heterocycles. The number of anilines is 2. The van der Waals surface area contributed by atoms with E-state index in [1.54, 1.807) is 0 Å². The van der Waals surface area contributed by atoms with Crippen molar-refractivity contribution in [3.05, 3.63) is 46.1 Å². The van der Waals surface area contributed by atoms with Crippen LogP contribution in [0.15, 0.2) is 34.8 Å². The summed E-state index contributed by atoms with van der Waals surface area (Å²) in [5.74, 6) is 1.77. The Balaban J connectivity index is 1.39. The Morgan fingerprint density at radius 1 is 1.07 bits per heavy atom. The first kappa shape index (κ1) is 20.1. The average Bonchev–Trinajstić information content (AvgIpc) is 2.74. The van der Waals surface area contributed by atoms with Gasteiger partial charge in [-0.15, -0.1) is 0 Å². The highest BCUT2D eigenvalue weighted by atomic mass is 79.9. The number of nitrogens with one attached hydrogen (secondary N) is 1. The normalized spacial score (nSPS) is 18.0. The van der Waals surface area contributed by atoms with Crippen molar-refractivity contribution in [2.45, 2.75) is 45.1 Å². The van der Waals surface area contributed by atoms with Crippen molar-refractivity contribution < 1.29 is 4.79 Å². The van der Waals surface area contributed by atoms with Crippen LogP contribution in [0, 0.1) is 6.92 Å². The molecule has 0 radical (unpaired) electrons. The maximum Gasteiger partial charge on any atom is 0.254 e. The molecule has 1 saturated heterocycles. The highest BCUT2D eigenvalue weighted by Crippen LogP contribution is 2.23. The molecule has 154 valence electrons. The SMILES string of the molecule is Cc1cc(N2CCN(C(=O)c3cccc(Br)c3)CC2)nc(NC2CCCCC2)n1. The molecule has 1 saturated carbocycles. The van der Waals surface area contributed by atoms with E-state index >= 15 is 0 Å². The van der Waals surface area contributed by atoms with E-state index in [1.807, 2.05) is 42.2 Å². The first-order chi connectivity index (χ1) is 14.1. The summed E-state index contributed by atoms with van der Waals surface area (Å²) in [6.45, 7) is 4.96. The number of carbonyl (C=O) groups excluding carboxylic acids is 1. The monoisotopic (exact) mass is 457 g/mol. The van der Waals surface area contributed by atoms with Crippen LogP contribution in [-0.4, -0.2) is 53.0 Å². The summed E-state index contributed by atoms with van der Waals surface area (Å²) < 4.78 is 0.927. The molecule has 2 aliphatic rings. The highest BCUT2D eigenvalue weighted by molar-refractivity contribution is 9.10. The summed E-state index contributed by atoms with van der Waals surface area (Å²) >= 11 is 3.44. The largest absolute Gasteiger partial charge is 0.353 e. The first-order valence-electron chi connectivity index (χ1n) is 10.5. The third-order valence-corrected chi connectivity index (χ3v) is 6.23. The van der Waals surface area contributed by atoms with E-state index in [1.165, 1.54) is 32.1 Å². The Morgan fingerprint density at radius 3 is 2.55 bits per heavy atom. The zero-order valence-corrected chi connectivity index (χ0v) is 18.5. The predicted octanol–water partition coefficient (Wildman–Crippen LogP) is 4.25. The predicted molar refractivity (Wildman–Crippen MR) is 120 cm³/mol. The number of aryl methyl sites for hydroxylation is 1. The van der Waals surface area contributed by atoms with Gasteiger partial charge in [0.1, 0.15) is 5.82 Å². The zero-order chi connectivity index (χ0) is 20.2. The lowest BCUT2D eigenvalue weighted by Crippen LogP contribution is -2.49. The summed E-state index contributed by atoms with van der Waals surface area (Å²) in [7, 11) is 0. The first-order valence-corrected chi connectivity index (χ1v) is 11.3. The van der Waals surface area contributed by atoms with Gasteiger partial charge in [-0.3, -0.25) is 4.79 Å². The van der Waals surface area contributed by atoms with E-state index in [2.05, 4.69) is 31.1 Å². The van der Waals surface area contributed by atoms with E-state index in [0.717, 1.165) is 40.6 Å². The molecule has 1 aromatic heterocycles. The molecule has 2 aromatic rings. The third kappa shape index (κ3) is 5.07. The summed E-state index contributed by atoms with van der Waals surface area (Å²) in [4.78, 5) is 26.3. The second-order valence-electron chi connectivity index (χ2n) is 7.96. The van der Waals surface area contributed by atoms with Gasteiger partial charge in [0.25, 0.3) is 5.91 Å². The van der Waals surface area contributed by atoms with Crippen LogP contribution in [0.5, 0.6) is 0 Å². The molecular formula is C22H28BrN5O. The van der Waals surface area contributed by atoms with Crippen molar-refractivity contribution in [1.29, 1.82) is 0 Å². The Kier molecular flexibility index (Phi) is 6.33. The molecule has 0 spiro atoms. The van der Waals surface area contributed by atoms with Gasteiger partial charge in [-0.1, -0.05) is 41.3 Å². The minimum atomic E-state index is 0.0875. The Labute approximate surface area is 180 Å². The number of amides is 1. The number of halogens is 1. The molecule has 1 aliphatic carbocycles. The van der Waals surface area contributed by atoms with Gasteiger partial charge in [-0.05, 0) is 38.0 Å². The van der Waals surface area contributed by atoms with Crippen LogP contribution in [-0.2, 0) is 0 Å². The number of rotatable bonds is 4. The van der Waals surface area contributed by atoms with Gasteiger partial charge in [0.15, 0.2) is 0 Å². The molecule has 0 atom stereocenters. The molecule has 0 bridgehead atoms. The number of nitrogens with zero attached hydrogens (tertiary/aromatic N) is 4. The summed E-state index contributed by atoms with van der Waals surface area (Å²) in [5.41, 5.74) is 1.70. The molecule has 1 amide bonds. The molecule has 29 heavy (non-hydrogen) atoms. The van der Waals surface area contributed by atoms with E-state index in [0.29, 0.717) is 19.1 Å². The van der Waals surface area contributed by atoms with E-state index in [4.69, 9.17) is 4.98 Å². The molecule has 1 aromatic carbocycles. The van der Waals surface area contributed by atoms with Gasteiger partial charge >= 0.3 is 0 Å². The van der Waals surface area contributed by atoms with Gasteiger partial charge in [0.2, 0.25) is 5.95 Å². The minimum absolute atomic E-state index is 0.0875. The molecular weight excluding hydrogens is 430 g/mol. The lowest BCUT2D eigenvalue weighted by Gasteiger charge is -2.35. The summed E-state index contributed by atoms with van der Waals surface area (Å²) in [5, 5.41) is 3.54. The second kappa shape index (κ2) is 9.11. The Bertz CT molecular complexity index is 860. The number of benzene rings is 1. The fraction of sp³-hybridized carbons (Fsp3) is 0.500. The van der Waals surface area contributed by atoms with Crippen molar-refractivity contribution in [3.63, 3.8) is 0 Å².